The van der Waals surface area contributed by atoms with Crippen LogP contribution in [-0.4, -0.2) is 16.5 Å². The molecule has 0 saturated carbocycles. The van der Waals surface area contributed by atoms with Crippen molar-refractivity contribution < 1.29 is 0 Å². The summed E-state index contributed by atoms with van der Waals surface area (Å²) in [4.78, 5) is 15.8. The molecule has 10 rings (SSSR count). The maximum absolute atomic E-state index is 5.54. The fourth-order valence-corrected chi connectivity index (χ4v) is 8.63. The Morgan fingerprint density at radius 2 is 1.09 bits per heavy atom. The predicted molar refractivity (Wildman–Crippen MR) is 236 cm³/mol. The Hall–Kier alpha value is -6.97. The van der Waals surface area contributed by atoms with Gasteiger partial charge in [-0.2, -0.15) is 0 Å². The molecule has 0 radical (unpaired) electrons. The molecule has 3 nitrogen and oxygen atoms in total. The summed E-state index contributed by atoms with van der Waals surface area (Å²) in [5.74, 6) is 0.813. The maximum Gasteiger partial charge on any atom is 0.155 e. The number of aromatic nitrogens is 1. The average molecular weight is 718 g/mol. The van der Waals surface area contributed by atoms with Gasteiger partial charge in [0.1, 0.15) is 0 Å². The van der Waals surface area contributed by atoms with Crippen LogP contribution in [0.4, 0.5) is 0 Å². The first-order valence-corrected chi connectivity index (χ1v) is 19.5. The molecule has 0 spiro atoms. The molecule has 0 fully saturated rings. The molecule has 266 valence electrons. The van der Waals surface area contributed by atoms with Crippen LogP contribution in [0.2, 0.25) is 0 Å². The van der Waals surface area contributed by atoms with Gasteiger partial charge in [0.15, 0.2) is 5.84 Å². The van der Waals surface area contributed by atoms with Crippen molar-refractivity contribution in [1.29, 1.82) is 0 Å². The zero-order chi connectivity index (χ0) is 37.4. The van der Waals surface area contributed by atoms with E-state index in [1.165, 1.54) is 54.7 Å². The summed E-state index contributed by atoms with van der Waals surface area (Å²) in [5, 5.41) is 7.33. The highest BCUT2D eigenvalue weighted by Crippen LogP contribution is 2.42. The van der Waals surface area contributed by atoms with Crippen LogP contribution in [0.15, 0.2) is 204 Å². The lowest BCUT2D eigenvalue weighted by Crippen LogP contribution is -2.28. The highest BCUT2D eigenvalue weighted by Gasteiger charge is 2.33. The molecule has 2 heterocycles. The molecular weight excluding hydrogens is 679 g/mol. The third-order valence-corrected chi connectivity index (χ3v) is 11.4. The van der Waals surface area contributed by atoms with Gasteiger partial charge in [0.05, 0.1) is 11.8 Å². The van der Waals surface area contributed by atoms with Crippen molar-refractivity contribution in [2.24, 2.45) is 15.9 Å². The summed E-state index contributed by atoms with van der Waals surface area (Å²) in [6.07, 6.45) is 4.89. The zero-order valence-corrected chi connectivity index (χ0v) is 31.2. The van der Waals surface area contributed by atoms with E-state index in [9.17, 15) is 0 Å². The van der Waals surface area contributed by atoms with E-state index in [1.807, 2.05) is 12.4 Å². The molecule has 8 aromatic carbocycles. The molecule has 1 aliphatic heterocycles. The summed E-state index contributed by atoms with van der Waals surface area (Å²) >= 11 is 0. The van der Waals surface area contributed by atoms with Crippen molar-refractivity contribution in [3.05, 3.63) is 211 Å². The minimum absolute atomic E-state index is 0.0558. The lowest BCUT2D eigenvalue weighted by molar-refractivity contribution is 0.533. The number of pyridine rings is 1. The third kappa shape index (κ3) is 5.99. The van der Waals surface area contributed by atoms with E-state index < -0.39 is 0 Å². The zero-order valence-electron chi connectivity index (χ0n) is 31.2. The number of fused-ring (bicyclic) bond motifs is 5. The number of rotatable bonds is 7. The molecule has 2 atom stereocenters. The molecule has 0 bridgehead atoms. The smallest absolute Gasteiger partial charge is 0.155 e. The topological polar surface area (TPSA) is 37.6 Å². The summed E-state index contributed by atoms with van der Waals surface area (Å²) in [7, 11) is 0. The van der Waals surface area contributed by atoms with E-state index in [2.05, 4.69) is 189 Å². The lowest BCUT2D eigenvalue weighted by Gasteiger charge is -2.31. The van der Waals surface area contributed by atoms with Crippen LogP contribution in [0.25, 0.3) is 65.7 Å². The number of benzene rings is 8. The van der Waals surface area contributed by atoms with E-state index in [4.69, 9.17) is 15.0 Å². The highest BCUT2D eigenvalue weighted by atomic mass is 15.0. The number of hydrogen-bond acceptors (Lipinski definition) is 3. The Morgan fingerprint density at radius 1 is 0.446 bits per heavy atom. The molecule has 9 aromatic rings. The second-order valence-electron chi connectivity index (χ2n) is 14.6. The predicted octanol–water partition coefficient (Wildman–Crippen LogP) is 13.6. The first-order chi connectivity index (χ1) is 27.7. The Kier molecular flexibility index (Phi) is 8.61. The number of nitrogens with zero attached hydrogens (tertiary/aromatic N) is 3. The maximum atomic E-state index is 5.54. The van der Waals surface area contributed by atoms with Crippen LogP contribution in [0, 0.1) is 5.92 Å². The summed E-state index contributed by atoms with van der Waals surface area (Å²) in [6.45, 7) is 2.27. The monoisotopic (exact) mass is 717 g/mol. The second kappa shape index (κ2) is 14.4. The van der Waals surface area contributed by atoms with Gasteiger partial charge in [0.25, 0.3) is 0 Å². The SMILES string of the molecule is CCC1C(c2cccc(-c3cncc4ccc5c6ccccc6ccc5c34)c2)=NC(c2ccc(-c3ccccc3)cc2)=NC1c1ccccc1-c1ccccc1. The van der Waals surface area contributed by atoms with Crippen molar-refractivity contribution in [2.45, 2.75) is 19.4 Å². The molecule has 1 aromatic heterocycles. The molecule has 2 unspecified atom stereocenters. The third-order valence-electron chi connectivity index (χ3n) is 11.4. The first-order valence-electron chi connectivity index (χ1n) is 19.5. The fourth-order valence-electron chi connectivity index (χ4n) is 8.63. The summed E-state index contributed by atoms with van der Waals surface area (Å²) in [5.41, 5.74) is 11.4. The molecule has 0 aliphatic carbocycles. The second-order valence-corrected chi connectivity index (χ2v) is 14.6. The number of aliphatic imine (C=N–C) groups is 2. The van der Waals surface area contributed by atoms with Gasteiger partial charge in [0, 0.05) is 40.2 Å². The minimum Gasteiger partial charge on any atom is -0.263 e. The van der Waals surface area contributed by atoms with E-state index >= 15 is 0 Å². The minimum atomic E-state index is -0.132. The Morgan fingerprint density at radius 3 is 1.91 bits per heavy atom. The Labute approximate surface area is 327 Å². The van der Waals surface area contributed by atoms with Gasteiger partial charge in [-0.1, -0.05) is 183 Å². The van der Waals surface area contributed by atoms with E-state index in [0.717, 1.165) is 45.6 Å². The van der Waals surface area contributed by atoms with E-state index in [0.29, 0.717) is 0 Å². The van der Waals surface area contributed by atoms with Crippen molar-refractivity contribution in [1.82, 2.24) is 4.98 Å². The van der Waals surface area contributed by atoms with Crippen LogP contribution in [0.3, 0.4) is 0 Å². The normalized spacial score (nSPS) is 15.5. The van der Waals surface area contributed by atoms with Crippen LogP contribution in [0.1, 0.15) is 36.1 Å². The fraction of sp³-hybridized carbons (Fsp3) is 0.0755. The lowest BCUT2D eigenvalue weighted by atomic mass is 9.80. The van der Waals surface area contributed by atoms with E-state index in [-0.39, 0.29) is 12.0 Å². The Bertz CT molecular complexity index is 2950. The van der Waals surface area contributed by atoms with Gasteiger partial charge in [-0.3, -0.25) is 9.98 Å². The molecule has 56 heavy (non-hydrogen) atoms. The van der Waals surface area contributed by atoms with Gasteiger partial charge in [-0.05, 0) is 73.0 Å². The van der Waals surface area contributed by atoms with Crippen LogP contribution >= 0.6 is 0 Å². The van der Waals surface area contributed by atoms with Crippen LogP contribution in [-0.2, 0) is 0 Å². The van der Waals surface area contributed by atoms with Gasteiger partial charge in [0.2, 0.25) is 0 Å². The highest BCUT2D eigenvalue weighted by molar-refractivity contribution is 6.21. The largest absolute Gasteiger partial charge is 0.263 e. The van der Waals surface area contributed by atoms with Crippen molar-refractivity contribution >= 4 is 43.9 Å². The first kappa shape index (κ1) is 33.6. The van der Waals surface area contributed by atoms with Crippen LogP contribution < -0.4 is 0 Å². The van der Waals surface area contributed by atoms with Gasteiger partial charge >= 0.3 is 0 Å². The van der Waals surface area contributed by atoms with Gasteiger partial charge in [-0.25, -0.2) is 4.99 Å². The Balaban J connectivity index is 1.14. The van der Waals surface area contributed by atoms with Crippen molar-refractivity contribution in [3.63, 3.8) is 0 Å². The average Bonchev–Trinajstić information content (AvgIpc) is 3.28. The molecule has 0 N–H and O–H groups in total. The molecular formula is C53H39N3. The van der Waals surface area contributed by atoms with Crippen LogP contribution in [0.5, 0.6) is 0 Å². The number of amidine groups is 1. The van der Waals surface area contributed by atoms with Gasteiger partial charge in [-0.15, -0.1) is 0 Å². The molecule has 3 heteroatoms. The van der Waals surface area contributed by atoms with E-state index in [1.54, 1.807) is 0 Å². The number of hydrogen-bond donors (Lipinski definition) is 0. The van der Waals surface area contributed by atoms with Crippen molar-refractivity contribution in [2.75, 3.05) is 0 Å². The summed E-state index contributed by atoms with van der Waals surface area (Å²) in [6, 6.07) is 65.0. The van der Waals surface area contributed by atoms with Crippen molar-refractivity contribution in [3.8, 4) is 33.4 Å². The molecule has 1 aliphatic rings. The molecule has 0 amide bonds. The van der Waals surface area contributed by atoms with Gasteiger partial charge < -0.3 is 0 Å². The summed E-state index contributed by atoms with van der Waals surface area (Å²) < 4.78 is 0. The standard InChI is InChI=1S/C53H39N3/c1-2-43-51(41-20-13-19-40(32-41)49-34-54-33-42-29-30-46-44-21-10-9-18-38(44)28-31-47(46)50(42)49)55-53(39-26-24-36(25-27-39)35-14-5-3-6-15-35)56-52(43)48-23-12-11-22-45(48)37-16-7-4-8-17-37/h3-34,43,52H,2H2,1H3. The molecule has 0 saturated heterocycles. The quantitative estimate of drug-likeness (QED) is 0.151.